The fourth-order valence-electron chi connectivity index (χ4n) is 4.93. The monoisotopic (exact) mass is 465 g/mol. The summed E-state index contributed by atoms with van der Waals surface area (Å²) in [5.74, 6) is 0.837. The van der Waals surface area contributed by atoms with Gasteiger partial charge >= 0.3 is 0 Å². The third-order valence-electron chi connectivity index (χ3n) is 6.65. The number of rotatable bonds is 3. The van der Waals surface area contributed by atoms with Gasteiger partial charge in [-0.05, 0) is 79.9 Å². The van der Waals surface area contributed by atoms with Crippen LogP contribution >= 0.6 is 0 Å². The van der Waals surface area contributed by atoms with E-state index in [1.165, 1.54) is 18.4 Å². The molecule has 0 saturated carbocycles. The minimum Gasteiger partial charge on any atom is -0.382 e. The van der Waals surface area contributed by atoms with Gasteiger partial charge in [0.2, 0.25) is 0 Å². The molecular weight excluding hydrogens is 434 g/mol. The number of hydrogen-bond acceptors (Lipinski definition) is 5. The molecular formula is C28H31N7. The first kappa shape index (κ1) is 22.9. The molecule has 35 heavy (non-hydrogen) atoms. The van der Waals surface area contributed by atoms with Crippen LogP contribution in [0.15, 0.2) is 61.1 Å². The second kappa shape index (κ2) is 10.2. The van der Waals surface area contributed by atoms with Crippen molar-refractivity contribution in [3.05, 3.63) is 72.2 Å². The number of fused-ring (bicyclic) bond motifs is 5. The molecule has 6 rings (SSSR count). The topological polar surface area (TPSA) is 83.5 Å². The van der Waals surface area contributed by atoms with Gasteiger partial charge in [-0.1, -0.05) is 26.0 Å². The maximum Gasteiger partial charge on any atom is 0.185 e. The van der Waals surface area contributed by atoms with Gasteiger partial charge in [0.1, 0.15) is 6.33 Å². The van der Waals surface area contributed by atoms with E-state index in [9.17, 15) is 0 Å². The van der Waals surface area contributed by atoms with Crippen molar-refractivity contribution in [2.24, 2.45) is 0 Å². The molecule has 7 heteroatoms. The van der Waals surface area contributed by atoms with Gasteiger partial charge in [-0.15, -0.1) is 10.2 Å². The maximum atomic E-state index is 9.10. The minimum atomic E-state index is 0.499. The normalized spacial score (nSPS) is 16.3. The predicted octanol–water partition coefficient (Wildman–Crippen LogP) is 5.22. The van der Waals surface area contributed by atoms with Gasteiger partial charge in [-0.25, -0.2) is 0 Å². The highest BCUT2D eigenvalue weighted by Gasteiger charge is 2.22. The zero-order chi connectivity index (χ0) is 24.2. The third-order valence-corrected chi connectivity index (χ3v) is 6.65. The van der Waals surface area contributed by atoms with E-state index in [2.05, 4.69) is 66.5 Å². The molecule has 4 aromatic rings. The Morgan fingerprint density at radius 2 is 1.89 bits per heavy atom. The minimum absolute atomic E-state index is 0.499. The summed E-state index contributed by atoms with van der Waals surface area (Å²) < 4.78 is 4.33. The number of hydrogen-bond donors (Lipinski definition) is 2. The second-order valence-electron chi connectivity index (χ2n) is 8.82. The van der Waals surface area contributed by atoms with Crippen molar-refractivity contribution in [1.82, 2.24) is 24.6 Å². The molecule has 0 bridgehead atoms. The van der Waals surface area contributed by atoms with Crippen molar-refractivity contribution in [2.45, 2.75) is 45.7 Å². The van der Waals surface area contributed by atoms with E-state index >= 15 is 0 Å². The average Bonchev–Trinajstić information content (AvgIpc) is 3.43. The first-order chi connectivity index (χ1) is 17.3. The van der Waals surface area contributed by atoms with E-state index in [1.54, 1.807) is 6.33 Å². The van der Waals surface area contributed by atoms with E-state index in [1.807, 2.05) is 38.1 Å². The summed E-state index contributed by atoms with van der Waals surface area (Å²) in [6.07, 6.45) is 7.50. The van der Waals surface area contributed by atoms with Crippen molar-refractivity contribution in [1.29, 1.82) is 5.26 Å². The maximum absolute atomic E-state index is 9.10. The highest BCUT2D eigenvalue weighted by atomic mass is 15.3. The van der Waals surface area contributed by atoms with Crippen molar-refractivity contribution in [3.63, 3.8) is 0 Å². The molecule has 2 aromatic carbocycles. The van der Waals surface area contributed by atoms with E-state index < -0.39 is 0 Å². The molecule has 1 atom stereocenters. The smallest absolute Gasteiger partial charge is 0.185 e. The van der Waals surface area contributed by atoms with Gasteiger partial charge in [-0.2, -0.15) is 5.26 Å². The Kier molecular flexibility index (Phi) is 6.64. The lowest BCUT2D eigenvalue weighted by atomic mass is 10.1. The first-order valence-corrected chi connectivity index (χ1v) is 12.5. The largest absolute Gasteiger partial charge is 0.382 e. The standard InChI is InChI=1S/C26H25N7.C2H6/c27-14-18-3-5-19(6-4-18)20-13-25-26-31-29-17-33(26)24-8-7-23(12-21(24)16-32(25)15-20)30-22-2-1-10-28-11-9-22;1-2/h3-8,12-13,15,17,22,28,30H,1-2,9-11,16H2;1-2H3. The molecule has 0 aliphatic carbocycles. The number of nitrogens with zero attached hydrogens (tertiary/aromatic N) is 5. The summed E-state index contributed by atoms with van der Waals surface area (Å²) >= 11 is 0. The van der Waals surface area contributed by atoms with Crippen molar-refractivity contribution < 1.29 is 0 Å². The van der Waals surface area contributed by atoms with Gasteiger partial charge in [0.05, 0.1) is 23.0 Å². The second-order valence-corrected chi connectivity index (χ2v) is 8.82. The lowest BCUT2D eigenvalue weighted by Gasteiger charge is -2.19. The SMILES string of the molecule is CC.N#Cc1ccc(-c2cc3n(c2)Cc2cc(NC4CCCNCC4)ccc2-n2cnnc2-3)cc1. The zero-order valence-electron chi connectivity index (χ0n) is 20.3. The molecule has 0 spiro atoms. The number of nitrogens with one attached hydrogen (secondary N) is 2. The number of aromatic nitrogens is 4. The van der Waals surface area contributed by atoms with Crippen LogP contribution in [0.2, 0.25) is 0 Å². The fourth-order valence-corrected chi connectivity index (χ4v) is 4.93. The molecule has 2 aliphatic rings. The van der Waals surface area contributed by atoms with Crippen LogP contribution in [0.5, 0.6) is 0 Å². The summed E-state index contributed by atoms with van der Waals surface area (Å²) in [5, 5.41) is 25.0. The first-order valence-electron chi connectivity index (χ1n) is 12.5. The van der Waals surface area contributed by atoms with Gasteiger partial charge in [0.25, 0.3) is 0 Å². The highest BCUT2D eigenvalue weighted by Crippen LogP contribution is 2.34. The lowest BCUT2D eigenvalue weighted by Crippen LogP contribution is -2.21. The summed E-state index contributed by atoms with van der Waals surface area (Å²) in [5.41, 5.74) is 7.40. The average molecular weight is 466 g/mol. The molecule has 7 nitrogen and oxygen atoms in total. The van der Waals surface area contributed by atoms with Crippen LogP contribution in [-0.4, -0.2) is 38.5 Å². The molecule has 4 heterocycles. The van der Waals surface area contributed by atoms with Crippen LogP contribution in [0.3, 0.4) is 0 Å². The van der Waals surface area contributed by atoms with Crippen LogP contribution in [-0.2, 0) is 6.54 Å². The summed E-state index contributed by atoms with van der Waals surface area (Å²) in [7, 11) is 0. The molecule has 0 amide bonds. The molecule has 2 N–H and O–H groups in total. The molecule has 178 valence electrons. The summed E-state index contributed by atoms with van der Waals surface area (Å²) in [6, 6.07) is 19.2. The van der Waals surface area contributed by atoms with E-state index in [0.717, 1.165) is 60.1 Å². The van der Waals surface area contributed by atoms with Gasteiger partial charge < -0.3 is 15.2 Å². The van der Waals surface area contributed by atoms with Gasteiger partial charge in [-0.3, -0.25) is 4.57 Å². The molecule has 1 saturated heterocycles. The van der Waals surface area contributed by atoms with Crippen LogP contribution in [0.1, 0.15) is 44.2 Å². The van der Waals surface area contributed by atoms with Crippen molar-refractivity contribution in [2.75, 3.05) is 18.4 Å². The van der Waals surface area contributed by atoms with Crippen LogP contribution < -0.4 is 10.6 Å². The fraction of sp³-hybridized carbons (Fsp3) is 0.321. The van der Waals surface area contributed by atoms with Crippen molar-refractivity contribution >= 4 is 5.69 Å². The molecule has 0 radical (unpaired) electrons. The van der Waals surface area contributed by atoms with Crippen LogP contribution in [0.4, 0.5) is 5.69 Å². The van der Waals surface area contributed by atoms with Crippen LogP contribution in [0, 0.1) is 11.3 Å². The summed E-state index contributed by atoms with van der Waals surface area (Å²) in [6.45, 7) is 6.93. The number of benzene rings is 2. The molecule has 2 aliphatic heterocycles. The van der Waals surface area contributed by atoms with E-state index in [4.69, 9.17) is 5.26 Å². The summed E-state index contributed by atoms with van der Waals surface area (Å²) in [4.78, 5) is 0. The molecule has 1 fully saturated rings. The quantitative estimate of drug-likeness (QED) is 0.382. The zero-order valence-corrected chi connectivity index (χ0v) is 20.3. The Morgan fingerprint density at radius 3 is 2.71 bits per heavy atom. The Labute approximate surface area is 206 Å². The lowest BCUT2D eigenvalue weighted by molar-refractivity contribution is 0.637. The number of anilines is 1. The predicted molar refractivity (Wildman–Crippen MR) is 140 cm³/mol. The molecule has 2 aromatic heterocycles. The Morgan fingerprint density at radius 1 is 1.03 bits per heavy atom. The number of nitriles is 1. The molecule has 1 unspecified atom stereocenters. The Bertz CT molecular complexity index is 1330. The Balaban J connectivity index is 0.00000124. The van der Waals surface area contributed by atoms with Gasteiger partial charge in [0.15, 0.2) is 5.82 Å². The third kappa shape index (κ3) is 4.58. The highest BCUT2D eigenvalue weighted by molar-refractivity contribution is 5.72. The van der Waals surface area contributed by atoms with Crippen molar-refractivity contribution in [3.8, 4) is 34.4 Å². The van der Waals surface area contributed by atoms with E-state index in [0.29, 0.717) is 11.6 Å². The van der Waals surface area contributed by atoms with E-state index in [-0.39, 0.29) is 0 Å². The van der Waals surface area contributed by atoms with Gasteiger partial charge in [0, 0.05) is 30.0 Å². The van der Waals surface area contributed by atoms with Crippen LogP contribution in [0.25, 0.3) is 28.3 Å². The Hall–Kier alpha value is -3.89.